The van der Waals surface area contributed by atoms with Gasteiger partial charge in [0.1, 0.15) is 11.5 Å². The van der Waals surface area contributed by atoms with Gasteiger partial charge in [0.25, 0.3) is 5.91 Å². The topological polar surface area (TPSA) is 47.6 Å². The first-order valence-electron chi connectivity index (χ1n) is 10.5. The van der Waals surface area contributed by atoms with Crippen molar-refractivity contribution >= 4 is 11.6 Å². The van der Waals surface area contributed by atoms with Crippen molar-refractivity contribution in [1.29, 1.82) is 0 Å². The molecule has 0 aliphatic rings. The molecule has 0 saturated heterocycles. The Morgan fingerprint density at radius 1 is 0.933 bits per heavy atom. The normalized spacial score (nSPS) is 11.5. The van der Waals surface area contributed by atoms with Gasteiger partial charge in [0.15, 0.2) is 0 Å². The Morgan fingerprint density at radius 3 is 2.50 bits per heavy atom. The van der Waals surface area contributed by atoms with E-state index in [1.165, 1.54) is 5.56 Å². The molecule has 3 aromatic rings. The predicted octanol–water partition coefficient (Wildman–Crippen LogP) is 6.13. The summed E-state index contributed by atoms with van der Waals surface area (Å²) in [6.07, 6.45) is 2.93. The summed E-state index contributed by atoms with van der Waals surface area (Å²) in [5.41, 5.74) is 2.57. The zero-order valence-corrected chi connectivity index (χ0v) is 17.6. The largest absolute Gasteiger partial charge is 0.494 e. The molecule has 1 atom stereocenters. The number of ether oxygens (including phenoxy) is 2. The molecule has 0 saturated carbocycles. The summed E-state index contributed by atoms with van der Waals surface area (Å²) in [6, 6.07) is 25.1. The summed E-state index contributed by atoms with van der Waals surface area (Å²) in [4.78, 5) is 12.6. The predicted molar refractivity (Wildman–Crippen MR) is 121 cm³/mol. The number of rotatable bonds is 10. The number of carbonyl (C=O) groups is 1. The van der Waals surface area contributed by atoms with Crippen LogP contribution in [-0.2, 0) is 6.42 Å². The molecule has 0 aliphatic heterocycles. The second-order valence-corrected chi connectivity index (χ2v) is 7.28. The quantitative estimate of drug-likeness (QED) is 0.414. The fourth-order valence-corrected chi connectivity index (χ4v) is 3.00. The average molecular weight is 404 g/mol. The van der Waals surface area contributed by atoms with Crippen LogP contribution in [0.3, 0.4) is 0 Å². The van der Waals surface area contributed by atoms with Crippen LogP contribution >= 0.6 is 0 Å². The van der Waals surface area contributed by atoms with E-state index < -0.39 is 0 Å². The lowest BCUT2D eigenvalue weighted by Gasteiger charge is -2.13. The van der Waals surface area contributed by atoms with E-state index in [9.17, 15) is 4.79 Å². The Labute approximate surface area is 178 Å². The second-order valence-electron chi connectivity index (χ2n) is 7.28. The molecule has 156 valence electrons. The van der Waals surface area contributed by atoms with Crippen LogP contribution in [0.25, 0.3) is 0 Å². The van der Waals surface area contributed by atoms with Gasteiger partial charge in [-0.1, -0.05) is 49.4 Å². The van der Waals surface area contributed by atoms with Crippen LogP contribution in [0.5, 0.6) is 11.5 Å². The Kier molecular flexibility index (Phi) is 7.90. The molecule has 0 aliphatic carbocycles. The van der Waals surface area contributed by atoms with Crippen molar-refractivity contribution < 1.29 is 14.3 Å². The van der Waals surface area contributed by atoms with E-state index in [0.29, 0.717) is 23.6 Å². The molecule has 1 amide bonds. The molecule has 3 rings (SSSR count). The molecule has 1 unspecified atom stereocenters. The van der Waals surface area contributed by atoms with E-state index >= 15 is 0 Å². The number of hydrogen-bond donors (Lipinski definition) is 1. The van der Waals surface area contributed by atoms with Gasteiger partial charge in [-0.2, -0.15) is 0 Å². The minimum absolute atomic E-state index is 0.110. The molecule has 0 aromatic heterocycles. The van der Waals surface area contributed by atoms with Gasteiger partial charge in [0, 0.05) is 17.3 Å². The van der Waals surface area contributed by atoms with Crippen LogP contribution in [0, 0.1) is 0 Å². The highest BCUT2D eigenvalue weighted by Crippen LogP contribution is 2.20. The van der Waals surface area contributed by atoms with Crippen molar-refractivity contribution in [2.75, 3.05) is 11.9 Å². The molecule has 0 heterocycles. The Hall–Kier alpha value is -3.27. The van der Waals surface area contributed by atoms with Crippen molar-refractivity contribution in [2.45, 2.75) is 39.2 Å². The Balaban J connectivity index is 1.53. The lowest BCUT2D eigenvalue weighted by molar-refractivity contribution is 0.102. The molecular formula is C26H29NO3. The Bertz CT molecular complexity index is 940. The molecule has 30 heavy (non-hydrogen) atoms. The summed E-state index contributed by atoms with van der Waals surface area (Å²) in [6.45, 7) is 4.71. The van der Waals surface area contributed by atoms with Crippen LogP contribution < -0.4 is 14.8 Å². The number of carbonyl (C=O) groups excluding carboxylic acids is 1. The summed E-state index contributed by atoms with van der Waals surface area (Å²) in [7, 11) is 0. The highest BCUT2D eigenvalue weighted by molar-refractivity contribution is 6.04. The number of aryl methyl sites for hydroxylation is 1. The molecule has 1 N–H and O–H groups in total. The number of nitrogens with one attached hydrogen (secondary N) is 1. The van der Waals surface area contributed by atoms with E-state index in [2.05, 4.69) is 36.5 Å². The third-order valence-electron chi connectivity index (χ3n) is 4.82. The third kappa shape index (κ3) is 6.66. The van der Waals surface area contributed by atoms with Crippen molar-refractivity contribution in [3.8, 4) is 11.5 Å². The highest BCUT2D eigenvalue weighted by Gasteiger charge is 2.09. The fraction of sp³-hybridized carbons (Fsp3) is 0.269. The Morgan fingerprint density at radius 2 is 1.70 bits per heavy atom. The number of amides is 1. The van der Waals surface area contributed by atoms with Crippen molar-refractivity contribution in [2.24, 2.45) is 0 Å². The van der Waals surface area contributed by atoms with Crippen LogP contribution in [0.1, 0.15) is 42.6 Å². The average Bonchev–Trinajstić information content (AvgIpc) is 2.78. The molecule has 4 nitrogen and oxygen atoms in total. The van der Waals surface area contributed by atoms with Crippen molar-refractivity contribution in [3.63, 3.8) is 0 Å². The van der Waals surface area contributed by atoms with E-state index in [1.54, 1.807) is 12.1 Å². The van der Waals surface area contributed by atoms with Gasteiger partial charge in [-0.25, -0.2) is 0 Å². The molecule has 4 heteroatoms. The molecule has 0 spiro atoms. The zero-order valence-electron chi connectivity index (χ0n) is 17.6. The molecule has 0 radical (unpaired) electrons. The number of benzene rings is 3. The molecule has 0 fully saturated rings. The van der Waals surface area contributed by atoms with Gasteiger partial charge >= 0.3 is 0 Å². The van der Waals surface area contributed by atoms with Gasteiger partial charge in [-0.3, -0.25) is 4.79 Å². The highest BCUT2D eigenvalue weighted by atomic mass is 16.5. The summed E-state index contributed by atoms with van der Waals surface area (Å²) >= 11 is 0. The van der Waals surface area contributed by atoms with Crippen LogP contribution in [0.2, 0.25) is 0 Å². The first kappa shape index (κ1) is 21.4. The van der Waals surface area contributed by atoms with E-state index in [-0.39, 0.29) is 12.0 Å². The van der Waals surface area contributed by atoms with E-state index in [4.69, 9.17) is 9.47 Å². The van der Waals surface area contributed by atoms with Crippen molar-refractivity contribution in [3.05, 3.63) is 90.0 Å². The summed E-state index contributed by atoms with van der Waals surface area (Å²) < 4.78 is 11.7. The third-order valence-corrected chi connectivity index (χ3v) is 4.82. The maximum atomic E-state index is 12.6. The first-order chi connectivity index (χ1) is 14.6. The van der Waals surface area contributed by atoms with Crippen molar-refractivity contribution in [1.82, 2.24) is 0 Å². The van der Waals surface area contributed by atoms with E-state index in [0.717, 1.165) is 25.0 Å². The maximum absolute atomic E-state index is 12.6. The first-order valence-corrected chi connectivity index (χ1v) is 10.5. The lowest BCUT2D eigenvalue weighted by Crippen LogP contribution is -2.13. The monoisotopic (exact) mass is 403 g/mol. The number of anilines is 1. The summed E-state index contributed by atoms with van der Waals surface area (Å²) in [5.74, 6) is 1.27. The van der Waals surface area contributed by atoms with Gasteiger partial charge in [0.2, 0.25) is 0 Å². The van der Waals surface area contributed by atoms with E-state index in [1.807, 2.05) is 49.4 Å². The molecule has 3 aromatic carbocycles. The van der Waals surface area contributed by atoms with Gasteiger partial charge in [-0.05, 0) is 62.1 Å². The minimum Gasteiger partial charge on any atom is -0.494 e. The van der Waals surface area contributed by atoms with Gasteiger partial charge < -0.3 is 14.8 Å². The minimum atomic E-state index is -0.175. The SMILES string of the molecule is CCC(C)Oc1cccc(C(=O)Nc2cccc(OCCCc3ccccc3)c2)c1. The maximum Gasteiger partial charge on any atom is 0.255 e. The van der Waals surface area contributed by atoms with Gasteiger partial charge in [-0.15, -0.1) is 0 Å². The van der Waals surface area contributed by atoms with Crippen LogP contribution in [0.15, 0.2) is 78.9 Å². The van der Waals surface area contributed by atoms with Crippen LogP contribution in [0.4, 0.5) is 5.69 Å². The molecular weight excluding hydrogens is 374 g/mol. The second kappa shape index (κ2) is 11.1. The summed E-state index contributed by atoms with van der Waals surface area (Å²) in [5, 5.41) is 2.93. The lowest BCUT2D eigenvalue weighted by atomic mass is 10.1. The molecule has 0 bridgehead atoms. The smallest absolute Gasteiger partial charge is 0.255 e. The van der Waals surface area contributed by atoms with Gasteiger partial charge in [0.05, 0.1) is 12.7 Å². The van der Waals surface area contributed by atoms with Crippen LogP contribution in [-0.4, -0.2) is 18.6 Å². The zero-order chi connectivity index (χ0) is 21.2. The number of hydrogen-bond acceptors (Lipinski definition) is 3. The standard InChI is InChI=1S/C26H29NO3/c1-3-20(2)30-25-16-7-13-22(18-25)26(28)27-23-14-8-15-24(19-23)29-17-9-12-21-10-5-4-6-11-21/h4-8,10-11,13-16,18-20H,3,9,12,17H2,1-2H3,(H,27,28). The fourth-order valence-electron chi connectivity index (χ4n) is 3.00.